The number of nitrogens with zero attached hydrogens (tertiary/aromatic N) is 1. The van der Waals surface area contributed by atoms with Crippen molar-refractivity contribution >= 4 is 17.6 Å². The zero-order chi connectivity index (χ0) is 29.6. The van der Waals surface area contributed by atoms with Crippen LogP contribution in [0, 0.1) is 5.92 Å². The number of hydrogen-bond acceptors (Lipinski definition) is 7. The molecule has 0 saturated carbocycles. The van der Waals surface area contributed by atoms with Gasteiger partial charge in [-0.25, -0.2) is 0 Å². The molecule has 2 aliphatic heterocycles. The molecule has 1 N–H and O–H groups in total. The van der Waals surface area contributed by atoms with E-state index >= 15 is 0 Å². The topological polar surface area (TPSA) is 86.3 Å². The molecule has 3 aromatic rings. The summed E-state index contributed by atoms with van der Waals surface area (Å²) < 4.78 is 22.5. The van der Waals surface area contributed by atoms with Gasteiger partial charge in [0.15, 0.2) is 11.5 Å². The molecule has 2 heterocycles. The minimum Gasteiger partial charge on any atom is -0.494 e. The van der Waals surface area contributed by atoms with Gasteiger partial charge >= 0.3 is 5.97 Å². The number of benzene rings is 3. The predicted octanol–water partition coefficient (Wildman–Crippen LogP) is 5.90. The summed E-state index contributed by atoms with van der Waals surface area (Å²) >= 11 is 0. The van der Waals surface area contributed by atoms with Crippen molar-refractivity contribution in [3.05, 3.63) is 82.9 Å². The normalized spacial score (nSPS) is 19.5. The number of rotatable bonds is 11. The Kier molecular flexibility index (Phi) is 9.32. The Balaban J connectivity index is 1.51. The van der Waals surface area contributed by atoms with E-state index in [2.05, 4.69) is 36.2 Å². The van der Waals surface area contributed by atoms with Crippen molar-refractivity contribution in [3.63, 3.8) is 0 Å². The lowest BCUT2D eigenvalue weighted by molar-refractivity contribution is -0.149. The zero-order valence-electron chi connectivity index (χ0n) is 24.9. The summed E-state index contributed by atoms with van der Waals surface area (Å²) in [6.07, 6.45) is 1.64. The van der Waals surface area contributed by atoms with Gasteiger partial charge in [-0.05, 0) is 73.2 Å². The quantitative estimate of drug-likeness (QED) is 0.287. The summed E-state index contributed by atoms with van der Waals surface area (Å²) in [5.74, 6) is 0.938. The van der Waals surface area contributed by atoms with Gasteiger partial charge in [0, 0.05) is 24.2 Å². The van der Waals surface area contributed by atoms with Crippen LogP contribution in [-0.2, 0) is 27.2 Å². The molecule has 3 aromatic carbocycles. The van der Waals surface area contributed by atoms with Gasteiger partial charge in [0.1, 0.15) is 5.75 Å². The van der Waals surface area contributed by atoms with Gasteiger partial charge in [0.2, 0.25) is 12.7 Å². The molecule has 0 bridgehead atoms. The largest absolute Gasteiger partial charge is 0.494 e. The van der Waals surface area contributed by atoms with E-state index in [9.17, 15) is 9.59 Å². The first-order valence-electron chi connectivity index (χ1n) is 14.9. The van der Waals surface area contributed by atoms with Gasteiger partial charge in [0.25, 0.3) is 0 Å². The van der Waals surface area contributed by atoms with Crippen molar-refractivity contribution in [2.24, 2.45) is 5.92 Å². The van der Waals surface area contributed by atoms with E-state index in [4.69, 9.17) is 18.9 Å². The van der Waals surface area contributed by atoms with Crippen molar-refractivity contribution < 1.29 is 28.5 Å². The first-order valence-corrected chi connectivity index (χ1v) is 14.9. The van der Waals surface area contributed by atoms with Crippen LogP contribution in [0.1, 0.15) is 61.9 Å². The van der Waals surface area contributed by atoms with Gasteiger partial charge in [-0.2, -0.15) is 0 Å². The molecule has 0 aliphatic carbocycles. The molecule has 1 amide bonds. The lowest BCUT2D eigenvalue weighted by Crippen LogP contribution is -2.35. The fourth-order valence-electron chi connectivity index (χ4n) is 6.19. The van der Waals surface area contributed by atoms with Crippen LogP contribution in [0.4, 0.5) is 5.69 Å². The molecule has 0 spiro atoms. The number of carbonyl (C=O) groups is 2. The Morgan fingerprint density at radius 1 is 0.881 bits per heavy atom. The minimum atomic E-state index is -0.537. The van der Waals surface area contributed by atoms with E-state index < -0.39 is 5.92 Å². The van der Waals surface area contributed by atoms with Crippen LogP contribution in [0.15, 0.2) is 60.7 Å². The molecule has 5 rings (SSSR count). The second kappa shape index (κ2) is 13.3. The van der Waals surface area contributed by atoms with Gasteiger partial charge in [0.05, 0.1) is 25.7 Å². The molecule has 42 heavy (non-hydrogen) atoms. The molecule has 8 nitrogen and oxygen atoms in total. The van der Waals surface area contributed by atoms with Gasteiger partial charge in [-0.3, -0.25) is 14.5 Å². The average molecular weight is 573 g/mol. The Bertz CT molecular complexity index is 1380. The number of fused-ring (bicyclic) bond motifs is 1. The van der Waals surface area contributed by atoms with E-state index in [1.54, 1.807) is 0 Å². The Hall–Kier alpha value is -4.04. The highest BCUT2D eigenvalue weighted by Gasteiger charge is 2.48. The number of anilines is 1. The Labute approximate surface area is 247 Å². The number of aryl methyl sites for hydroxylation is 2. The molecule has 0 unspecified atom stereocenters. The maximum absolute atomic E-state index is 13.7. The van der Waals surface area contributed by atoms with Crippen LogP contribution < -0.4 is 19.5 Å². The van der Waals surface area contributed by atoms with Crippen LogP contribution in [0.2, 0.25) is 0 Å². The highest BCUT2D eigenvalue weighted by Crippen LogP contribution is 2.48. The van der Waals surface area contributed by atoms with E-state index in [-0.39, 0.29) is 43.8 Å². The highest BCUT2D eigenvalue weighted by molar-refractivity contribution is 5.94. The Morgan fingerprint density at radius 3 is 2.24 bits per heavy atom. The number of carbonyl (C=O) groups excluding carboxylic acids is 2. The van der Waals surface area contributed by atoms with E-state index in [0.29, 0.717) is 24.7 Å². The molecule has 0 radical (unpaired) electrons. The maximum atomic E-state index is 13.7. The van der Waals surface area contributed by atoms with Crippen LogP contribution in [-0.4, -0.2) is 49.9 Å². The molecule has 0 aromatic heterocycles. The standard InChI is InChI=1S/C34H40N2O6/c1-5-22-10-9-11-23(6-2)32(22)35-30(37)20-36-19-27(25-14-17-28-29(18-25)42-21-41-28)31(34(38)40-8-4)33(36)24-12-15-26(16-13-24)39-7-3/h9-18,27,31,33H,5-8,19-21H2,1-4H3,(H,35,37)/t27-,31-,33+/m1/s1. The van der Waals surface area contributed by atoms with Crippen molar-refractivity contribution in [1.82, 2.24) is 4.90 Å². The number of nitrogens with one attached hydrogen (secondary N) is 1. The van der Waals surface area contributed by atoms with Gasteiger partial charge in [-0.1, -0.05) is 50.2 Å². The lowest BCUT2D eigenvalue weighted by Gasteiger charge is -2.28. The van der Waals surface area contributed by atoms with E-state index in [1.807, 2.05) is 62.4 Å². The number of likely N-dealkylation sites (tertiary alicyclic amines) is 1. The molecule has 1 saturated heterocycles. The van der Waals surface area contributed by atoms with Crippen molar-refractivity contribution in [2.45, 2.75) is 52.5 Å². The first-order chi connectivity index (χ1) is 20.5. The summed E-state index contributed by atoms with van der Waals surface area (Å²) in [7, 11) is 0. The molecular formula is C34H40N2O6. The van der Waals surface area contributed by atoms with Gasteiger partial charge < -0.3 is 24.3 Å². The fraction of sp³-hybridized carbons (Fsp3) is 0.412. The number of amides is 1. The highest BCUT2D eigenvalue weighted by atomic mass is 16.7. The summed E-state index contributed by atoms with van der Waals surface area (Å²) in [6, 6.07) is 19.4. The van der Waals surface area contributed by atoms with Crippen LogP contribution >= 0.6 is 0 Å². The summed E-state index contributed by atoms with van der Waals surface area (Å²) in [5, 5.41) is 3.21. The van der Waals surface area contributed by atoms with Crippen LogP contribution in [0.5, 0.6) is 17.2 Å². The minimum absolute atomic E-state index is 0.115. The van der Waals surface area contributed by atoms with E-state index in [0.717, 1.165) is 46.5 Å². The molecule has 2 aliphatic rings. The first kappa shape index (κ1) is 29.5. The summed E-state index contributed by atoms with van der Waals surface area (Å²) in [4.78, 5) is 29.5. The van der Waals surface area contributed by atoms with Crippen LogP contribution in [0.3, 0.4) is 0 Å². The fourth-order valence-corrected chi connectivity index (χ4v) is 6.19. The molecular weight excluding hydrogens is 532 g/mol. The third-order valence-electron chi connectivity index (χ3n) is 8.12. The number of ether oxygens (including phenoxy) is 4. The van der Waals surface area contributed by atoms with Gasteiger partial charge in [-0.15, -0.1) is 0 Å². The van der Waals surface area contributed by atoms with Crippen LogP contribution in [0.25, 0.3) is 0 Å². The second-order valence-corrected chi connectivity index (χ2v) is 10.6. The SMILES string of the molecule is CCOC(=O)[C@@H]1[C@@H](c2ccc3c(c2)OCO3)CN(CC(=O)Nc2c(CC)cccc2CC)[C@H]1c1ccc(OCC)cc1. The Morgan fingerprint density at radius 2 is 1.57 bits per heavy atom. The number of hydrogen-bond donors (Lipinski definition) is 1. The summed E-state index contributed by atoms with van der Waals surface area (Å²) in [5.41, 5.74) is 4.97. The third-order valence-corrected chi connectivity index (χ3v) is 8.12. The zero-order valence-corrected chi connectivity index (χ0v) is 24.9. The molecule has 3 atom stereocenters. The number of para-hydroxylation sites is 1. The predicted molar refractivity (Wildman–Crippen MR) is 161 cm³/mol. The van der Waals surface area contributed by atoms with Crippen molar-refractivity contribution in [3.8, 4) is 17.2 Å². The summed E-state index contributed by atoms with van der Waals surface area (Å²) in [6.45, 7) is 9.55. The monoisotopic (exact) mass is 572 g/mol. The lowest BCUT2D eigenvalue weighted by atomic mass is 9.82. The molecule has 1 fully saturated rings. The second-order valence-electron chi connectivity index (χ2n) is 10.6. The average Bonchev–Trinajstić information content (AvgIpc) is 3.62. The smallest absolute Gasteiger partial charge is 0.311 e. The molecule has 8 heteroatoms. The molecule has 222 valence electrons. The third kappa shape index (κ3) is 6.09. The maximum Gasteiger partial charge on any atom is 0.311 e. The van der Waals surface area contributed by atoms with Crippen molar-refractivity contribution in [1.29, 1.82) is 0 Å². The van der Waals surface area contributed by atoms with Crippen molar-refractivity contribution in [2.75, 3.05) is 38.4 Å². The van der Waals surface area contributed by atoms with E-state index in [1.165, 1.54) is 0 Å². The number of esters is 1.